The molecule has 2 aromatic rings. The Labute approximate surface area is 129 Å². The Hall–Kier alpha value is -0.770. The molecule has 1 aromatic carbocycles. The third-order valence-corrected chi connectivity index (χ3v) is 6.01. The Balaban J connectivity index is 1.73. The Morgan fingerprint density at radius 1 is 1.35 bits per heavy atom. The first-order valence-corrected chi connectivity index (χ1v) is 8.62. The van der Waals surface area contributed by atoms with Crippen molar-refractivity contribution in [1.82, 2.24) is 10.3 Å². The maximum atomic E-state index is 6.23. The zero-order valence-electron chi connectivity index (χ0n) is 11.7. The van der Waals surface area contributed by atoms with Crippen LogP contribution >= 0.6 is 23.4 Å². The number of benzene rings is 1. The molecule has 2 nitrogen and oxygen atoms in total. The summed E-state index contributed by atoms with van der Waals surface area (Å²) in [6, 6.07) is 8.01. The summed E-state index contributed by atoms with van der Waals surface area (Å²) in [4.78, 5) is 4.48. The molecule has 106 valence electrons. The third-order valence-electron chi connectivity index (χ3n) is 4.26. The highest BCUT2D eigenvalue weighted by atomic mass is 35.5. The van der Waals surface area contributed by atoms with Crippen molar-refractivity contribution >= 4 is 34.3 Å². The summed E-state index contributed by atoms with van der Waals surface area (Å²) in [5, 5.41) is 5.42. The highest BCUT2D eigenvalue weighted by Crippen LogP contribution is 2.42. The van der Waals surface area contributed by atoms with E-state index in [1.54, 1.807) is 0 Å². The summed E-state index contributed by atoms with van der Waals surface area (Å²) in [5.74, 6) is 0. The van der Waals surface area contributed by atoms with Crippen LogP contribution < -0.4 is 5.32 Å². The van der Waals surface area contributed by atoms with E-state index in [2.05, 4.69) is 22.6 Å². The number of thioether (sulfide) groups is 1. The van der Waals surface area contributed by atoms with E-state index in [9.17, 15) is 0 Å². The van der Waals surface area contributed by atoms with Gasteiger partial charge in [0.1, 0.15) is 0 Å². The lowest BCUT2D eigenvalue weighted by Crippen LogP contribution is -2.43. The molecule has 0 amide bonds. The number of nitrogens with one attached hydrogen (secondary N) is 1. The maximum Gasteiger partial charge on any atom is 0.0761 e. The van der Waals surface area contributed by atoms with E-state index < -0.39 is 0 Å². The van der Waals surface area contributed by atoms with E-state index in [0.29, 0.717) is 4.75 Å². The van der Waals surface area contributed by atoms with Crippen LogP contribution in [-0.2, 0) is 6.54 Å². The molecule has 0 radical (unpaired) electrons. The Kier molecular flexibility index (Phi) is 4.20. The Morgan fingerprint density at radius 2 is 2.20 bits per heavy atom. The molecular weight excluding hydrogens is 288 g/mol. The van der Waals surface area contributed by atoms with Crippen LogP contribution in [-0.4, -0.2) is 22.5 Å². The lowest BCUT2D eigenvalue weighted by molar-refractivity contribution is 0.345. The van der Waals surface area contributed by atoms with Crippen molar-refractivity contribution in [3.63, 3.8) is 0 Å². The molecule has 0 spiro atoms. The van der Waals surface area contributed by atoms with Gasteiger partial charge in [-0.1, -0.05) is 24.1 Å². The number of aromatic nitrogens is 1. The molecule has 1 heterocycles. The Morgan fingerprint density at radius 3 is 2.90 bits per heavy atom. The van der Waals surface area contributed by atoms with Crippen LogP contribution in [0.2, 0.25) is 5.02 Å². The lowest BCUT2D eigenvalue weighted by atomic mass is 9.84. The van der Waals surface area contributed by atoms with Gasteiger partial charge in [-0.2, -0.15) is 11.8 Å². The lowest BCUT2D eigenvalue weighted by Gasteiger charge is -2.40. The first-order chi connectivity index (χ1) is 9.74. The van der Waals surface area contributed by atoms with E-state index in [0.717, 1.165) is 29.0 Å². The quantitative estimate of drug-likeness (QED) is 0.893. The predicted octanol–water partition coefficient (Wildman–Crippen LogP) is 4.26. The van der Waals surface area contributed by atoms with Crippen molar-refractivity contribution in [2.24, 2.45) is 0 Å². The van der Waals surface area contributed by atoms with Gasteiger partial charge >= 0.3 is 0 Å². The maximum absolute atomic E-state index is 6.23. The largest absolute Gasteiger partial charge is 0.311 e. The summed E-state index contributed by atoms with van der Waals surface area (Å²) < 4.78 is 0.468. The molecule has 1 N–H and O–H groups in total. The summed E-state index contributed by atoms with van der Waals surface area (Å²) >= 11 is 8.23. The van der Waals surface area contributed by atoms with Crippen molar-refractivity contribution in [2.45, 2.75) is 30.6 Å². The van der Waals surface area contributed by atoms with Crippen molar-refractivity contribution in [1.29, 1.82) is 0 Å². The van der Waals surface area contributed by atoms with E-state index in [1.807, 2.05) is 36.2 Å². The molecular formula is C16H19ClN2S. The summed E-state index contributed by atoms with van der Waals surface area (Å²) in [7, 11) is 0. The molecule has 1 saturated carbocycles. The van der Waals surface area contributed by atoms with Crippen molar-refractivity contribution in [3.8, 4) is 0 Å². The van der Waals surface area contributed by atoms with Crippen molar-refractivity contribution in [3.05, 3.63) is 41.0 Å². The number of nitrogens with zero attached hydrogens (tertiary/aromatic N) is 1. The fraction of sp³-hybridized carbons (Fsp3) is 0.438. The standard InChI is InChI=1S/C16H19ClN2S/c1-20-16(7-3-8-16)11-18-10-12-5-6-14(17)13-4-2-9-19-15(12)13/h2,4-6,9,18H,3,7-8,10-11H2,1H3. The van der Waals surface area contributed by atoms with Crippen molar-refractivity contribution in [2.75, 3.05) is 12.8 Å². The number of hydrogen-bond donors (Lipinski definition) is 1. The van der Waals surface area contributed by atoms with Crippen LogP contribution in [0, 0.1) is 0 Å². The topological polar surface area (TPSA) is 24.9 Å². The summed E-state index contributed by atoms with van der Waals surface area (Å²) in [6.45, 7) is 1.93. The van der Waals surface area contributed by atoms with Gasteiger partial charge in [0, 0.05) is 34.4 Å². The highest BCUT2D eigenvalue weighted by Gasteiger charge is 2.35. The number of hydrogen-bond acceptors (Lipinski definition) is 3. The Bertz CT molecular complexity index is 605. The van der Waals surface area contributed by atoms with Crippen LogP contribution in [0.5, 0.6) is 0 Å². The monoisotopic (exact) mass is 306 g/mol. The number of rotatable bonds is 5. The first kappa shape index (κ1) is 14.2. The second kappa shape index (κ2) is 5.92. The molecule has 0 saturated heterocycles. The minimum atomic E-state index is 0.468. The van der Waals surface area contributed by atoms with Crippen LogP contribution in [0.1, 0.15) is 24.8 Å². The zero-order chi connectivity index (χ0) is 14.0. The molecule has 3 rings (SSSR count). The van der Waals surface area contributed by atoms with Gasteiger partial charge in [-0.15, -0.1) is 0 Å². The summed E-state index contributed by atoms with van der Waals surface area (Å²) in [6.07, 6.45) is 8.09. The molecule has 1 aliphatic carbocycles. The average Bonchev–Trinajstić information content (AvgIpc) is 2.44. The van der Waals surface area contributed by atoms with E-state index in [-0.39, 0.29) is 0 Å². The van der Waals surface area contributed by atoms with E-state index >= 15 is 0 Å². The van der Waals surface area contributed by atoms with Gasteiger partial charge in [0.2, 0.25) is 0 Å². The fourth-order valence-corrected chi connectivity index (χ4v) is 3.95. The van der Waals surface area contributed by atoms with Crippen LogP contribution in [0.4, 0.5) is 0 Å². The fourth-order valence-electron chi connectivity index (χ4n) is 2.79. The average molecular weight is 307 g/mol. The molecule has 0 unspecified atom stereocenters. The normalized spacial score (nSPS) is 17.1. The van der Waals surface area contributed by atoms with Gasteiger partial charge in [0.05, 0.1) is 5.52 Å². The molecule has 0 bridgehead atoms. The van der Waals surface area contributed by atoms with Crippen LogP contribution in [0.25, 0.3) is 10.9 Å². The van der Waals surface area contributed by atoms with Gasteiger partial charge in [-0.05, 0) is 42.9 Å². The first-order valence-electron chi connectivity index (χ1n) is 7.02. The molecule has 0 atom stereocenters. The molecule has 0 aliphatic heterocycles. The third kappa shape index (κ3) is 2.67. The second-order valence-electron chi connectivity index (χ2n) is 5.45. The summed E-state index contributed by atoms with van der Waals surface area (Å²) in [5.41, 5.74) is 2.24. The molecule has 1 aliphatic rings. The van der Waals surface area contributed by atoms with E-state index in [1.165, 1.54) is 24.8 Å². The van der Waals surface area contributed by atoms with Crippen LogP contribution in [0.3, 0.4) is 0 Å². The molecule has 1 aromatic heterocycles. The number of halogens is 1. The van der Waals surface area contributed by atoms with Crippen molar-refractivity contribution < 1.29 is 0 Å². The minimum absolute atomic E-state index is 0.468. The molecule has 4 heteroatoms. The molecule has 20 heavy (non-hydrogen) atoms. The number of fused-ring (bicyclic) bond motifs is 1. The van der Waals surface area contributed by atoms with Crippen LogP contribution in [0.15, 0.2) is 30.5 Å². The second-order valence-corrected chi connectivity index (χ2v) is 7.13. The SMILES string of the molecule is CSC1(CNCc2ccc(Cl)c3cccnc23)CCC1. The van der Waals surface area contributed by atoms with Gasteiger partial charge < -0.3 is 5.32 Å². The van der Waals surface area contributed by atoms with Gasteiger partial charge in [-0.25, -0.2) is 0 Å². The van der Waals surface area contributed by atoms with Gasteiger partial charge in [0.15, 0.2) is 0 Å². The van der Waals surface area contributed by atoms with Gasteiger partial charge in [-0.3, -0.25) is 4.98 Å². The molecule has 1 fully saturated rings. The zero-order valence-corrected chi connectivity index (χ0v) is 13.2. The predicted molar refractivity (Wildman–Crippen MR) is 88.6 cm³/mol. The van der Waals surface area contributed by atoms with Gasteiger partial charge in [0.25, 0.3) is 0 Å². The minimum Gasteiger partial charge on any atom is -0.311 e. The highest BCUT2D eigenvalue weighted by molar-refractivity contribution is 8.00. The number of pyridine rings is 1. The smallest absolute Gasteiger partial charge is 0.0761 e. The van der Waals surface area contributed by atoms with E-state index in [4.69, 9.17) is 11.6 Å².